The summed E-state index contributed by atoms with van der Waals surface area (Å²) >= 11 is 5.31. The molecule has 1 unspecified atom stereocenters. The number of nitrogens with one attached hydrogen (secondary N) is 1. The Morgan fingerprint density at radius 1 is 1.35 bits per heavy atom. The van der Waals surface area contributed by atoms with Gasteiger partial charge in [0.1, 0.15) is 0 Å². The molecule has 0 radical (unpaired) electrons. The van der Waals surface area contributed by atoms with Crippen LogP contribution in [0.5, 0.6) is 0 Å². The SMILES string of the molecule is NNC(Cc1sccc1Br)Cn1cnc2ccccc21. The molecule has 0 fully saturated rings. The number of nitrogens with two attached hydrogens (primary N) is 1. The van der Waals surface area contributed by atoms with Gasteiger partial charge in [-0.25, -0.2) is 4.98 Å². The number of benzene rings is 1. The first kappa shape index (κ1) is 13.8. The fraction of sp³-hybridized carbons (Fsp3) is 0.214. The summed E-state index contributed by atoms with van der Waals surface area (Å²) < 4.78 is 3.29. The number of halogens is 1. The van der Waals surface area contributed by atoms with E-state index in [1.165, 1.54) is 4.88 Å². The molecule has 0 saturated heterocycles. The minimum Gasteiger partial charge on any atom is -0.329 e. The van der Waals surface area contributed by atoms with Gasteiger partial charge in [0.15, 0.2) is 0 Å². The molecule has 0 spiro atoms. The van der Waals surface area contributed by atoms with E-state index in [0.29, 0.717) is 0 Å². The van der Waals surface area contributed by atoms with E-state index in [4.69, 9.17) is 5.84 Å². The topological polar surface area (TPSA) is 55.9 Å². The van der Waals surface area contributed by atoms with Crippen molar-refractivity contribution < 1.29 is 0 Å². The van der Waals surface area contributed by atoms with Crippen LogP contribution in [0.2, 0.25) is 0 Å². The van der Waals surface area contributed by atoms with Crippen molar-refractivity contribution in [2.24, 2.45) is 5.84 Å². The molecule has 0 bridgehead atoms. The summed E-state index contributed by atoms with van der Waals surface area (Å²) in [6.45, 7) is 0.793. The first-order chi connectivity index (χ1) is 9.78. The molecule has 0 aliphatic rings. The summed E-state index contributed by atoms with van der Waals surface area (Å²) in [5, 5.41) is 2.08. The molecule has 3 N–H and O–H groups in total. The highest BCUT2D eigenvalue weighted by Gasteiger charge is 2.13. The van der Waals surface area contributed by atoms with Crippen LogP contribution in [-0.2, 0) is 13.0 Å². The van der Waals surface area contributed by atoms with Crippen LogP contribution in [0.4, 0.5) is 0 Å². The number of aromatic nitrogens is 2. The molecular formula is C14H15BrN4S. The second kappa shape index (κ2) is 6.05. The molecule has 1 aromatic carbocycles. The number of imidazole rings is 1. The van der Waals surface area contributed by atoms with Gasteiger partial charge in [-0.1, -0.05) is 12.1 Å². The van der Waals surface area contributed by atoms with E-state index >= 15 is 0 Å². The number of thiophene rings is 1. The molecule has 2 heterocycles. The number of nitrogens with zero attached hydrogens (tertiary/aromatic N) is 2. The third-order valence-corrected chi connectivity index (χ3v) is 5.25. The highest BCUT2D eigenvalue weighted by atomic mass is 79.9. The van der Waals surface area contributed by atoms with Gasteiger partial charge < -0.3 is 4.57 Å². The summed E-state index contributed by atoms with van der Waals surface area (Å²) in [5.74, 6) is 5.71. The van der Waals surface area contributed by atoms with Crippen molar-refractivity contribution in [2.75, 3.05) is 0 Å². The third kappa shape index (κ3) is 2.78. The van der Waals surface area contributed by atoms with Gasteiger partial charge in [0.05, 0.1) is 17.4 Å². The Morgan fingerprint density at radius 3 is 2.95 bits per heavy atom. The predicted molar refractivity (Wildman–Crippen MR) is 86.6 cm³/mol. The molecule has 3 rings (SSSR count). The quantitative estimate of drug-likeness (QED) is 0.549. The lowest BCUT2D eigenvalue weighted by molar-refractivity contribution is 0.462. The molecule has 4 nitrogen and oxygen atoms in total. The summed E-state index contributed by atoms with van der Waals surface area (Å²) in [6.07, 6.45) is 2.76. The molecule has 3 aromatic rings. The van der Waals surface area contributed by atoms with Gasteiger partial charge in [0.2, 0.25) is 0 Å². The number of hydrogen-bond donors (Lipinski definition) is 2. The lowest BCUT2D eigenvalue weighted by Crippen LogP contribution is -2.39. The van der Waals surface area contributed by atoms with Crippen LogP contribution >= 0.6 is 27.3 Å². The van der Waals surface area contributed by atoms with Crippen LogP contribution in [0, 0.1) is 0 Å². The maximum atomic E-state index is 5.71. The maximum Gasteiger partial charge on any atom is 0.0958 e. The first-order valence-corrected chi connectivity index (χ1v) is 8.03. The van der Waals surface area contributed by atoms with Gasteiger partial charge in [-0.3, -0.25) is 11.3 Å². The Balaban J connectivity index is 1.79. The van der Waals surface area contributed by atoms with Crippen molar-refractivity contribution in [3.63, 3.8) is 0 Å². The highest BCUT2D eigenvalue weighted by molar-refractivity contribution is 9.10. The van der Waals surface area contributed by atoms with Gasteiger partial charge in [-0.15, -0.1) is 11.3 Å². The molecule has 0 aliphatic heterocycles. The Hall–Kier alpha value is -1.21. The van der Waals surface area contributed by atoms with Crippen LogP contribution in [0.25, 0.3) is 11.0 Å². The lowest BCUT2D eigenvalue weighted by Gasteiger charge is -2.16. The second-order valence-corrected chi connectivity index (χ2v) is 6.50. The van der Waals surface area contributed by atoms with Gasteiger partial charge in [0.25, 0.3) is 0 Å². The summed E-state index contributed by atoms with van der Waals surface area (Å²) in [6, 6.07) is 10.4. The zero-order chi connectivity index (χ0) is 13.9. The highest BCUT2D eigenvalue weighted by Crippen LogP contribution is 2.24. The van der Waals surface area contributed by atoms with Crippen molar-refractivity contribution >= 4 is 38.3 Å². The lowest BCUT2D eigenvalue weighted by atomic mass is 10.2. The van der Waals surface area contributed by atoms with Crippen LogP contribution in [-0.4, -0.2) is 15.6 Å². The third-order valence-electron chi connectivity index (χ3n) is 3.30. The molecule has 0 saturated carbocycles. The number of para-hydroxylation sites is 2. The molecule has 104 valence electrons. The molecule has 1 atom stereocenters. The Morgan fingerprint density at radius 2 is 2.20 bits per heavy atom. The van der Waals surface area contributed by atoms with Gasteiger partial charge in [-0.2, -0.15) is 0 Å². The molecule has 2 aromatic heterocycles. The smallest absolute Gasteiger partial charge is 0.0958 e. The van der Waals surface area contributed by atoms with Gasteiger partial charge in [-0.05, 0) is 39.5 Å². The van der Waals surface area contributed by atoms with Crippen molar-refractivity contribution in [3.05, 3.63) is 51.4 Å². The largest absolute Gasteiger partial charge is 0.329 e. The van der Waals surface area contributed by atoms with Crippen molar-refractivity contribution in [3.8, 4) is 0 Å². The normalized spacial score (nSPS) is 12.9. The molecule has 0 amide bonds. The van der Waals surface area contributed by atoms with E-state index in [1.807, 2.05) is 24.5 Å². The molecule has 20 heavy (non-hydrogen) atoms. The van der Waals surface area contributed by atoms with Crippen LogP contribution in [0.3, 0.4) is 0 Å². The summed E-state index contributed by atoms with van der Waals surface area (Å²) in [7, 11) is 0. The van der Waals surface area contributed by atoms with Crippen LogP contribution in [0.15, 0.2) is 46.5 Å². The first-order valence-electron chi connectivity index (χ1n) is 6.36. The van der Waals surface area contributed by atoms with Crippen LogP contribution < -0.4 is 11.3 Å². The summed E-state index contributed by atoms with van der Waals surface area (Å²) in [4.78, 5) is 5.71. The minimum absolute atomic E-state index is 0.169. The molecule has 6 heteroatoms. The van der Waals surface area contributed by atoms with Crippen molar-refractivity contribution in [2.45, 2.75) is 19.0 Å². The number of fused-ring (bicyclic) bond motifs is 1. The van der Waals surface area contributed by atoms with Crippen LogP contribution in [0.1, 0.15) is 4.88 Å². The van der Waals surface area contributed by atoms with E-state index in [1.54, 1.807) is 11.3 Å². The van der Waals surface area contributed by atoms with E-state index in [0.717, 1.165) is 28.5 Å². The fourth-order valence-electron chi connectivity index (χ4n) is 2.26. The van der Waals surface area contributed by atoms with Gasteiger partial charge >= 0.3 is 0 Å². The number of hydrogen-bond acceptors (Lipinski definition) is 4. The Kier molecular flexibility index (Phi) is 4.16. The maximum absolute atomic E-state index is 5.71. The second-order valence-electron chi connectivity index (χ2n) is 4.65. The number of hydrazine groups is 1. The Labute approximate surface area is 129 Å². The van der Waals surface area contributed by atoms with E-state index < -0.39 is 0 Å². The van der Waals surface area contributed by atoms with E-state index in [9.17, 15) is 0 Å². The van der Waals surface area contributed by atoms with Gasteiger partial charge in [0, 0.05) is 28.4 Å². The predicted octanol–water partition coefficient (Wildman–Crippen LogP) is 2.93. The fourth-order valence-corrected chi connectivity index (χ4v) is 3.86. The van der Waals surface area contributed by atoms with Crippen molar-refractivity contribution in [1.29, 1.82) is 0 Å². The average Bonchev–Trinajstić information content (AvgIpc) is 3.06. The minimum atomic E-state index is 0.169. The monoisotopic (exact) mass is 350 g/mol. The summed E-state index contributed by atoms with van der Waals surface area (Å²) in [5.41, 5.74) is 5.06. The Bertz CT molecular complexity index is 706. The molecular weight excluding hydrogens is 336 g/mol. The zero-order valence-electron chi connectivity index (χ0n) is 10.8. The standard InChI is InChI=1S/C14H15BrN4S/c15-11-5-6-20-14(11)7-10(18-16)8-19-9-17-12-3-1-2-4-13(12)19/h1-6,9-10,18H,7-8,16H2. The van der Waals surface area contributed by atoms with E-state index in [-0.39, 0.29) is 6.04 Å². The molecule has 0 aliphatic carbocycles. The average molecular weight is 351 g/mol. The van der Waals surface area contributed by atoms with E-state index in [2.05, 4.69) is 48.4 Å². The van der Waals surface area contributed by atoms with Crippen molar-refractivity contribution in [1.82, 2.24) is 15.0 Å². The number of rotatable bonds is 5. The zero-order valence-corrected chi connectivity index (χ0v) is 13.2.